The third-order valence-corrected chi connectivity index (χ3v) is 4.92. The molecule has 0 spiro atoms. The first kappa shape index (κ1) is 13.9. The Labute approximate surface area is 117 Å². The van der Waals surface area contributed by atoms with Gasteiger partial charge >= 0.3 is 0 Å². The lowest BCUT2D eigenvalue weighted by atomic mass is 9.91. The molecule has 0 heterocycles. The van der Waals surface area contributed by atoms with Gasteiger partial charge in [-0.2, -0.15) is 0 Å². The Hall–Kier alpha value is -0.490. The molecule has 1 aromatic carbocycles. The van der Waals surface area contributed by atoms with E-state index in [2.05, 4.69) is 32.0 Å². The first-order valence-electron chi connectivity index (χ1n) is 7.37. The number of halogens is 1. The van der Waals surface area contributed by atoms with Crippen LogP contribution in [0.15, 0.2) is 18.2 Å². The van der Waals surface area contributed by atoms with E-state index in [4.69, 9.17) is 11.6 Å². The second kappa shape index (κ2) is 6.61. The molecule has 0 aliphatic heterocycles. The number of benzene rings is 1. The Morgan fingerprint density at radius 1 is 1.06 bits per heavy atom. The van der Waals surface area contributed by atoms with Crippen LogP contribution in [0.3, 0.4) is 0 Å². The topological polar surface area (TPSA) is 0 Å². The zero-order valence-corrected chi connectivity index (χ0v) is 12.5. The summed E-state index contributed by atoms with van der Waals surface area (Å²) in [6.07, 6.45) is 9.26. The van der Waals surface area contributed by atoms with Crippen molar-refractivity contribution in [1.82, 2.24) is 0 Å². The smallest absolute Gasteiger partial charge is 0.0404 e. The average Bonchev–Trinajstić information content (AvgIpc) is 2.62. The second-order valence-electron chi connectivity index (χ2n) is 5.89. The highest BCUT2D eigenvalue weighted by Gasteiger charge is 2.21. The van der Waals surface area contributed by atoms with Crippen LogP contribution in [0.4, 0.5) is 0 Å². The molecule has 0 N–H and O–H groups in total. The molecule has 1 atom stereocenters. The molecule has 0 aromatic heterocycles. The molecular weight excluding hydrogens is 240 g/mol. The molecule has 100 valence electrons. The summed E-state index contributed by atoms with van der Waals surface area (Å²) in [4.78, 5) is 0. The van der Waals surface area contributed by atoms with E-state index in [1.807, 2.05) is 0 Å². The fourth-order valence-electron chi connectivity index (χ4n) is 2.99. The van der Waals surface area contributed by atoms with Crippen LogP contribution in [0, 0.1) is 19.8 Å². The van der Waals surface area contributed by atoms with E-state index in [-0.39, 0.29) is 0 Å². The Kier molecular flexibility index (Phi) is 5.12. The molecule has 1 heteroatoms. The van der Waals surface area contributed by atoms with Crippen LogP contribution in [-0.4, -0.2) is 5.38 Å². The molecule has 1 aliphatic carbocycles. The van der Waals surface area contributed by atoms with E-state index < -0.39 is 0 Å². The van der Waals surface area contributed by atoms with Gasteiger partial charge in [-0.3, -0.25) is 0 Å². The molecule has 0 nitrogen and oxygen atoms in total. The van der Waals surface area contributed by atoms with Gasteiger partial charge < -0.3 is 0 Å². The van der Waals surface area contributed by atoms with Gasteiger partial charge in [-0.15, -0.1) is 11.6 Å². The monoisotopic (exact) mass is 264 g/mol. The Morgan fingerprint density at radius 3 is 2.33 bits per heavy atom. The summed E-state index contributed by atoms with van der Waals surface area (Å²) in [5, 5.41) is 0.324. The maximum atomic E-state index is 6.66. The van der Waals surface area contributed by atoms with Crippen LogP contribution in [0.5, 0.6) is 0 Å². The lowest BCUT2D eigenvalue weighted by Gasteiger charge is -2.20. The lowest BCUT2D eigenvalue weighted by Crippen LogP contribution is -2.17. The fraction of sp³-hybridized carbons (Fsp3) is 0.647. The molecule has 0 saturated heterocycles. The SMILES string of the molecule is Cc1ccc(CC(Cl)C2CCCCCC2)cc1C. The van der Waals surface area contributed by atoms with Crippen LogP contribution < -0.4 is 0 Å². The number of hydrogen-bond donors (Lipinski definition) is 0. The van der Waals surface area contributed by atoms with E-state index >= 15 is 0 Å². The molecular formula is C17H25Cl. The first-order chi connectivity index (χ1) is 8.66. The van der Waals surface area contributed by atoms with Gasteiger partial charge in [0.25, 0.3) is 0 Å². The van der Waals surface area contributed by atoms with Gasteiger partial charge in [0.05, 0.1) is 0 Å². The van der Waals surface area contributed by atoms with Gasteiger partial charge in [0.1, 0.15) is 0 Å². The van der Waals surface area contributed by atoms with E-state index in [1.54, 1.807) is 0 Å². The molecule has 1 aromatic rings. The molecule has 1 fully saturated rings. The van der Waals surface area contributed by atoms with Crippen LogP contribution >= 0.6 is 11.6 Å². The summed E-state index contributed by atoms with van der Waals surface area (Å²) in [5.74, 6) is 0.732. The Balaban J connectivity index is 1.96. The minimum atomic E-state index is 0.324. The molecule has 2 rings (SSSR count). The summed E-state index contributed by atoms with van der Waals surface area (Å²) >= 11 is 6.66. The summed E-state index contributed by atoms with van der Waals surface area (Å²) in [7, 11) is 0. The van der Waals surface area contributed by atoms with Crippen molar-refractivity contribution >= 4 is 11.6 Å². The number of rotatable bonds is 3. The maximum absolute atomic E-state index is 6.66. The predicted molar refractivity (Wildman–Crippen MR) is 80.5 cm³/mol. The summed E-state index contributed by atoms with van der Waals surface area (Å²) in [6.45, 7) is 4.36. The van der Waals surface area contributed by atoms with Crippen LogP contribution in [0.25, 0.3) is 0 Å². The zero-order chi connectivity index (χ0) is 13.0. The van der Waals surface area contributed by atoms with Crippen molar-refractivity contribution < 1.29 is 0 Å². The molecule has 0 radical (unpaired) electrons. The summed E-state index contributed by atoms with van der Waals surface area (Å²) in [6, 6.07) is 6.77. The van der Waals surface area contributed by atoms with Gasteiger partial charge in [-0.05, 0) is 55.7 Å². The van der Waals surface area contributed by atoms with Gasteiger partial charge in [0.2, 0.25) is 0 Å². The van der Waals surface area contributed by atoms with Crippen molar-refractivity contribution in [3.8, 4) is 0 Å². The molecule has 0 bridgehead atoms. The standard InChI is InChI=1S/C17H25Cl/c1-13-9-10-15(11-14(13)2)12-17(18)16-7-5-3-4-6-8-16/h9-11,16-17H,3-8,12H2,1-2H3. The molecule has 1 aliphatic rings. The van der Waals surface area contributed by atoms with Crippen molar-refractivity contribution in [2.24, 2.45) is 5.92 Å². The van der Waals surface area contributed by atoms with Gasteiger partial charge in [-0.25, -0.2) is 0 Å². The molecule has 18 heavy (non-hydrogen) atoms. The minimum Gasteiger partial charge on any atom is -0.122 e. The highest BCUT2D eigenvalue weighted by molar-refractivity contribution is 6.20. The van der Waals surface area contributed by atoms with Gasteiger partial charge in [0, 0.05) is 5.38 Å². The maximum Gasteiger partial charge on any atom is 0.0404 e. The van der Waals surface area contributed by atoms with Crippen molar-refractivity contribution in [2.75, 3.05) is 0 Å². The average molecular weight is 265 g/mol. The molecule has 1 unspecified atom stereocenters. The highest BCUT2D eigenvalue weighted by Crippen LogP contribution is 2.30. The van der Waals surface area contributed by atoms with Crippen molar-refractivity contribution in [3.63, 3.8) is 0 Å². The predicted octanol–water partition coefficient (Wildman–Crippen LogP) is 5.42. The Morgan fingerprint density at radius 2 is 1.72 bits per heavy atom. The number of aryl methyl sites for hydroxylation is 2. The van der Waals surface area contributed by atoms with Gasteiger partial charge in [0.15, 0.2) is 0 Å². The third kappa shape index (κ3) is 3.75. The van der Waals surface area contributed by atoms with E-state index in [0.29, 0.717) is 5.38 Å². The molecule has 0 amide bonds. The largest absolute Gasteiger partial charge is 0.122 e. The third-order valence-electron chi connectivity index (χ3n) is 4.41. The summed E-state index contributed by atoms with van der Waals surface area (Å²) in [5.41, 5.74) is 4.17. The minimum absolute atomic E-state index is 0.324. The van der Waals surface area contributed by atoms with Crippen LogP contribution in [-0.2, 0) is 6.42 Å². The quantitative estimate of drug-likeness (QED) is 0.505. The normalized spacial score (nSPS) is 19.5. The second-order valence-corrected chi connectivity index (χ2v) is 6.45. The molecule has 1 saturated carbocycles. The fourth-order valence-corrected chi connectivity index (χ4v) is 3.43. The first-order valence-corrected chi connectivity index (χ1v) is 7.80. The van der Waals surface area contributed by atoms with Crippen LogP contribution in [0.1, 0.15) is 55.2 Å². The zero-order valence-electron chi connectivity index (χ0n) is 11.7. The lowest BCUT2D eigenvalue weighted by molar-refractivity contribution is 0.435. The number of alkyl halides is 1. The highest BCUT2D eigenvalue weighted by atomic mass is 35.5. The van der Waals surface area contributed by atoms with E-state index in [9.17, 15) is 0 Å². The van der Waals surface area contributed by atoms with Crippen molar-refractivity contribution in [3.05, 3.63) is 34.9 Å². The van der Waals surface area contributed by atoms with Crippen molar-refractivity contribution in [1.29, 1.82) is 0 Å². The number of hydrogen-bond acceptors (Lipinski definition) is 0. The van der Waals surface area contributed by atoms with Gasteiger partial charge in [-0.1, -0.05) is 43.9 Å². The van der Waals surface area contributed by atoms with E-state index in [1.165, 1.54) is 55.2 Å². The Bertz CT molecular complexity index is 375. The summed E-state index contributed by atoms with van der Waals surface area (Å²) < 4.78 is 0. The van der Waals surface area contributed by atoms with Crippen molar-refractivity contribution in [2.45, 2.75) is 64.2 Å². The van der Waals surface area contributed by atoms with Crippen LogP contribution in [0.2, 0.25) is 0 Å². The van der Waals surface area contributed by atoms with E-state index in [0.717, 1.165) is 12.3 Å².